The Balaban J connectivity index is 1.86. The molecule has 0 radical (unpaired) electrons. The van der Waals surface area contributed by atoms with Crippen molar-refractivity contribution in [3.63, 3.8) is 0 Å². The van der Waals surface area contributed by atoms with E-state index in [2.05, 4.69) is 12.0 Å². The molecule has 1 saturated heterocycles. The van der Waals surface area contributed by atoms with Gasteiger partial charge in [-0.3, -0.25) is 9.59 Å². The third kappa shape index (κ3) is 2.61. The van der Waals surface area contributed by atoms with Crippen molar-refractivity contribution in [1.82, 2.24) is 14.7 Å². The molecule has 2 aliphatic rings. The second-order valence-electron chi connectivity index (χ2n) is 6.31. The average Bonchev–Trinajstić information content (AvgIpc) is 2.92. The van der Waals surface area contributed by atoms with Crippen LogP contribution in [0, 0.1) is 0 Å². The average molecular weight is 289 g/mol. The van der Waals surface area contributed by atoms with Crippen molar-refractivity contribution in [2.75, 3.05) is 6.54 Å². The van der Waals surface area contributed by atoms with Crippen LogP contribution in [0.5, 0.6) is 0 Å². The van der Waals surface area contributed by atoms with Crippen molar-refractivity contribution < 1.29 is 4.79 Å². The summed E-state index contributed by atoms with van der Waals surface area (Å²) in [6.45, 7) is 4.67. The number of hydrogen-bond acceptors (Lipinski definition) is 3. The Hall–Kier alpha value is -1.65. The molecular formula is C16H23N3O2. The zero-order chi connectivity index (χ0) is 15.0. The zero-order valence-electron chi connectivity index (χ0n) is 12.8. The molecule has 2 unspecified atom stereocenters. The Bertz CT molecular complexity index is 608. The van der Waals surface area contributed by atoms with Gasteiger partial charge in [-0.25, -0.2) is 4.68 Å². The van der Waals surface area contributed by atoms with Crippen molar-refractivity contribution in [2.45, 2.75) is 64.5 Å². The molecule has 1 aromatic rings. The number of rotatable bonds is 2. The van der Waals surface area contributed by atoms with Gasteiger partial charge in [0.1, 0.15) is 6.04 Å². The Morgan fingerprint density at radius 2 is 2.14 bits per heavy atom. The van der Waals surface area contributed by atoms with Crippen LogP contribution in [-0.2, 0) is 17.6 Å². The number of aryl methyl sites for hydroxylation is 2. The lowest BCUT2D eigenvalue weighted by Gasteiger charge is -2.35. The molecule has 1 aromatic heterocycles. The predicted molar refractivity (Wildman–Crippen MR) is 80.3 cm³/mol. The Morgan fingerprint density at radius 1 is 1.33 bits per heavy atom. The maximum atomic E-state index is 12.7. The molecule has 0 N–H and O–H groups in total. The summed E-state index contributed by atoms with van der Waals surface area (Å²) < 4.78 is 1.38. The van der Waals surface area contributed by atoms with Gasteiger partial charge < -0.3 is 4.90 Å². The molecule has 114 valence electrons. The SMILES string of the molecule is CC1CCCCN1C(=O)C(C)n1nc2c(cc1=O)CCC2. The largest absolute Gasteiger partial charge is 0.338 e. The van der Waals surface area contributed by atoms with Gasteiger partial charge in [0.2, 0.25) is 5.91 Å². The third-order valence-corrected chi connectivity index (χ3v) is 4.79. The molecule has 0 saturated carbocycles. The number of aromatic nitrogens is 2. The number of amides is 1. The molecule has 5 nitrogen and oxygen atoms in total. The van der Waals surface area contributed by atoms with E-state index in [-0.39, 0.29) is 17.5 Å². The van der Waals surface area contributed by atoms with Gasteiger partial charge in [0.25, 0.3) is 5.56 Å². The van der Waals surface area contributed by atoms with Crippen LogP contribution in [0.15, 0.2) is 10.9 Å². The van der Waals surface area contributed by atoms with E-state index >= 15 is 0 Å². The molecule has 0 spiro atoms. The Morgan fingerprint density at radius 3 is 2.90 bits per heavy atom. The highest BCUT2D eigenvalue weighted by atomic mass is 16.2. The third-order valence-electron chi connectivity index (χ3n) is 4.79. The van der Waals surface area contributed by atoms with Crippen LogP contribution in [0.2, 0.25) is 0 Å². The van der Waals surface area contributed by atoms with Crippen LogP contribution < -0.4 is 5.56 Å². The molecule has 3 rings (SSSR count). The van der Waals surface area contributed by atoms with Crippen molar-refractivity contribution in [3.8, 4) is 0 Å². The summed E-state index contributed by atoms with van der Waals surface area (Å²) in [6.07, 6.45) is 6.18. The number of hydrogen-bond donors (Lipinski definition) is 0. The molecule has 1 aliphatic heterocycles. The van der Waals surface area contributed by atoms with Crippen LogP contribution in [0.3, 0.4) is 0 Å². The van der Waals surface area contributed by atoms with Crippen molar-refractivity contribution in [3.05, 3.63) is 27.7 Å². The number of piperidine rings is 1. The van der Waals surface area contributed by atoms with E-state index in [0.29, 0.717) is 0 Å². The minimum absolute atomic E-state index is 0.0229. The first-order chi connectivity index (χ1) is 10.1. The second-order valence-corrected chi connectivity index (χ2v) is 6.31. The summed E-state index contributed by atoms with van der Waals surface area (Å²) in [6, 6.07) is 1.42. The van der Waals surface area contributed by atoms with Crippen LogP contribution >= 0.6 is 0 Å². The van der Waals surface area contributed by atoms with Crippen molar-refractivity contribution in [2.24, 2.45) is 0 Å². The van der Waals surface area contributed by atoms with E-state index in [9.17, 15) is 9.59 Å². The van der Waals surface area contributed by atoms with Gasteiger partial charge in [-0.05, 0) is 57.9 Å². The summed E-state index contributed by atoms with van der Waals surface area (Å²) in [5.74, 6) is 0.0229. The van der Waals surface area contributed by atoms with Crippen LogP contribution in [0.4, 0.5) is 0 Å². The first-order valence-electron chi connectivity index (χ1n) is 8.00. The minimum Gasteiger partial charge on any atom is -0.338 e. The lowest BCUT2D eigenvalue weighted by atomic mass is 10.0. The summed E-state index contributed by atoms with van der Waals surface area (Å²) in [4.78, 5) is 26.8. The first kappa shape index (κ1) is 14.3. The van der Waals surface area contributed by atoms with Gasteiger partial charge in [-0.15, -0.1) is 0 Å². The van der Waals surface area contributed by atoms with Crippen LogP contribution in [-0.4, -0.2) is 33.2 Å². The topological polar surface area (TPSA) is 55.2 Å². The fraction of sp³-hybridized carbons (Fsp3) is 0.688. The van der Waals surface area contributed by atoms with Gasteiger partial charge >= 0.3 is 0 Å². The minimum atomic E-state index is -0.510. The molecule has 0 aromatic carbocycles. The smallest absolute Gasteiger partial charge is 0.267 e. The predicted octanol–water partition coefficient (Wildman–Crippen LogP) is 1.69. The highest BCUT2D eigenvalue weighted by Gasteiger charge is 2.29. The number of likely N-dealkylation sites (tertiary alicyclic amines) is 1. The van der Waals surface area contributed by atoms with Gasteiger partial charge in [0, 0.05) is 18.7 Å². The molecule has 2 heterocycles. The van der Waals surface area contributed by atoms with E-state index in [4.69, 9.17) is 0 Å². The monoisotopic (exact) mass is 289 g/mol. The highest BCUT2D eigenvalue weighted by molar-refractivity contribution is 5.80. The fourth-order valence-electron chi connectivity index (χ4n) is 3.46. The first-order valence-corrected chi connectivity index (χ1v) is 8.00. The van der Waals surface area contributed by atoms with Gasteiger partial charge in [0.05, 0.1) is 5.69 Å². The quantitative estimate of drug-likeness (QED) is 0.832. The number of fused-ring (bicyclic) bond motifs is 1. The second kappa shape index (κ2) is 5.62. The maximum Gasteiger partial charge on any atom is 0.267 e. The van der Waals surface area contributed by atoms with Gasteiger partial charge in [-0.2, -0.15) is 5.10 Å². The lowest BCUT2D eigenvalue weighted by Crippen LogP contribution is -2.46. The molecule has 5 heteroatoms. The van der Waals surface area contributed by atoms with E-state index in [1.165, 1.54) is 11.1 Å². The molecule has 1 fully saturated rings. The van der Waals surface area contributed by atoms with E-state index in [1.807, 2.05) is 4.90 Å². The van der Waals surface area contributed by atoms with E-state index in [0.717, 1.165) is 49.9 Å². The van der Waals surface area contributed by atoms with Gasteiger partial charge in [0.15, 0.2) is 0 Å². The van der Waals surface area contributed by atoms with Crippen molar-refractivity contribution >= 4 is 5.91 Å². The molecule has 0 bridgehead atoms. The fourth-order valence-corrected chi connectivity index (χ4v) is 3.46. The van der Waals surface area contributed by atoms with E-state index in [1.54, 1.807) is 13.0 Å². The number of carbonyl (C=O) groups excluding carboxylic acids is 1. The normalized spacial score (nSPS) is 23.0. The Kier molecular flexibility index (Phi) is 3.83. The molecule has 1 aliphatic carbocycles. The summed E-state index contributed by atoms with van der Waals surface area (Å²) in [5, 5.41) is 4.45. The van der Waals surface area contributed by atoms with Crippen LogP contribution in [0.25, 0.3) is 0 Å². The van der Waals surface area contributed by atoms with Crippen LogP contribution in [0.1, 0.15) is 56.8 Å². The maximum absolute atomic E-state index is 12.7. The summed E-state index contributed by atoms with van der Waals surface area (Å²) >= 11 is 0. The molecule has 1 amide bonds. The highest BCUT2D eigenvalue weighted by Crippen LogP contribution is 2.21. The number of nitrogens with zero attached hydrogens (tertiary/aromatic N) is 3. The molecular weight excluding hydrogens is 266 g/mol. The van der Waals surface area contributed by atoms with E-state index < -0.39 is 6.04 Å². The Labute approximate surface area is 124 Å². The standard InChI is InChI=1S/C16H23N3O2/c1-11-6-3-4-9-18(11)16(21)12(2)19-15(20)10-13-7-5-8-14(13)17-19/h10-12H,3-9H2,1-2H3. The zero-order valence-corrected chi connectivity index (χ0v) is 12.8. The summed E-state index contributed by atoms with van der Waals surface area (Å²) in [7, 11) is 0. The van der Waals surface area contributed by atoms with Crippen molar-refractivity contribution in [1.29, 1.82) is 0 Å². The van der Waals surface area contributed by atoms with Gasteiger partial charge in [-0.1, -0.05) is 0 Å². The number of carbonyl (C=O) groups is 1. The summed E-state index contributed by atoms with van der Waals surface area (Å²) in [5.41, 5.74) is 1.89. The lowest BCUT2D eigenvalue weighted by molar-refractivity contribution is -0.138. The molecule has 2 atom stereocenters. The molecule has 21 heavy (non-hydrogen) atoms.